The molecule has 0 aliphatic carbocycles. The summed E-state index contributed by atoms with van der Waals surface area (Å²) in [5.41, 5.74) is 1.82. The number of aliphatic hydroxyl groups is 1. The molecule has 96 valence electrons. The Balaban J connectivity index is 2.65. The first-order valence-electron chi connectivity index (χ1n) is 5.92. The number of nitrogens with zero attached hydrogens (tertiary/aromatic N) is 2. The lowest BCUT2D eigenvalue weighted by atomic mass is 10.2. The number of aromatic nitrogens is 1. The van der Waals surface area contributed by atoms with Gasteiger partial charge in [-0.15, -0.1) is 0 Å². The van der Waals surface area contributed by atoms with E-state index in [1.54, 1.807) is 6.92 Å². The smallest absolute Gasteiger partial charge is 0.0931 e. The molecule has 0 bridgehead atoms. The van der Waals surface area contributed by atoms with E-state index < -0.39 is 6.10 Å². The van der Waals surface area contributed by atoms with Crippen molar-refractivity contribution < 1.29 is 5.11 Å². The van der Waals surface area contributed by atoms with Crippen LogP contribution in [0.4, 0.5) is 5.69 Å². The van der Waals surface area contributed by atoms with Gasteiger partial charge in [0.05, 0.1) is 23.7 Å². The van der Waals surface area contributed by atoms with E-state index in [-0.39, 0.29) is 0 Å². The van der Waals surface area contributed by atoms with Crippen LogP contribution in [-0.4, -0.2) is 35.2 Å². The summed E-state index contributed by atoms with van der Waals surface area (Å²) in [4.78, 5) is 6.50. The molecule has 1 N–H and O–H groups in total. The fourth-order valence-electron chi connectivity index (χ4n) is 1.59. The molecule has 0 amide bonds. The highest BCUT2D eigenvalue weighted by Gasteiger charge is 2.10. The summed E-state index contributed by atoms with van der Waals surface area (Å²) >= 11 is 1.87. The molecule has 1 heterocycles. The molecule has 0 aromatic carbocycles. The molecule has 0 spiro atoms. The highest BCUT2D eigenvalue weighted by Crippen LogP contribution is 2.18. The van der Waals surface area contributed by atoms with Crippen molar-refractivity contribution >= 4 is 17.4 Å². The molecule has 0 aliphatic rings. The summed E-state index contributed by atoms with van der Waals surface area (Å²) < 4.78 is 0. The van der Waals surface area contributed by atoms with Gasteiger partial charge in [-0.3, -0.25) is 4.98 Å². The molecule has 0 saturated carbocycles. The highest BCUT2D eigenvalue weighted by molar-refractivity contribution is 7.98. The molecule has 2 atom stereocenters. The monoisotopic (exact) mass is 254 g/mol. The average Bonchev–Trinajstić information content (AvgIpc) is 2.35. The first kappa shape index (κ1) is 14.3. The van der Waals surface area contributed by atoms with Crippen molar-refractivity contribution in [1.29, 1.82) is 0 Å². The molecule has 1 rings (SSSR count). The fourth-order valence-corrected chi connectivity index (χ4v) is 2.17. The van der Waals surface area contributed by atoms with E-state index in [9.17, 15) is 5.11 Å². The molecular weight excluding hydrogens is 232 g/mol. The maximum absolute atomic E-state index is 9.40. The molecular formula is C13H22N2OS. The SMILES string of the molecule is CSCCC(C)N(C)c1ccc(C(C)O)nc1. The Bertz CT molecular complexity index is 327. The van der Waals surface area contributed by atoms with Crippen LogP contribution in [0.25, 0.3) is 0 Å². The van der Waals surface area contributed by atoms with Crippen molar-refractivity contribution in [2.75, 3.05) is 24.0 Å². The lowest BCUT2D eigenvalue weighted by Gasteiger charge is -2.26. The third-order valence-corrected chi connectivity index (χ3v) is 3.65. The number of hydrogen-bond acceptors (Lipinski definition) is 4. The van der Waals surface area contributed by atoms with E-state index in [4.69, 9.17) is 0 Å². The number of aliphatic hydroxyl groups excluding tert-OH is 1. The van der Waals surface area contributed by atoms with Crippen LogP contribution in [-0.2, 0) is 0 Å². The van der Waals surface area contributed by atoms with Crippen LogP contribution in [0.3, 0.4) is 0 Å². The van der Waals surface area contributed by atoms with Gasteiger partial charge in [-0.05, 0) is 44.4 Å². The molecule has 1 aromatic heterocycles. The third kappa shape index (κ3) is 4.21. The second-order valence-corrected chi connectivity index (χ2v) is 5.34. The molecule has 2 unspecified atom stereocenters. The van der Waals surface area contributed by atoms with Crippen LogP contribution in [0, 0.1) is 0 Å². The number of hydrogen-bond donors (Lipinski definition) is 1. The third-order valence-electron chi connectivity index (χ3n) is 3.01. The lowest BCUT2D eigenvalue weighted by Crippen LogP contribution is -2.29. The number of rotatable bonds is 6. The van der Waals surface area contributed by atoms with Crippen molar-refractivity contribution in [2.24, 2.45) is 0 Å². The molecule has 0 aliphatic heterocycles. The van der Waals surface area contributed by atoms with Gasteiger partial charge in [0.25, 0.3) is 0 Å². The topological polar surface area (TPSA) is 36.4 Å². The standard InChI is InChI=1S/C13H22N2OS/c1-10(7-8-17-4)15(3)12-5-6-13(11(2)16)14-9-12/h5-6,9-11,16H,7-8H2,1-4H3. The Kier molecular flexibility index (Phi) is 5.78. The van der Waals surface area contributed by atoms with Crippen LogP contribution in [0.15, 0.2) is 18.3 Å². The normalized spacial score (nSPS) is 14.4. The molecule has 0 radical (unpaired) electrons. The summed E-state index contributed by atoms with van der Waals surface area (Å²) in [5, 5.41) is 9.40. The van der Waals surface area contributed by atoms with Gasteiger partial charge < -0.3 is 10.0 Å². The Morgan fingerprint density at radius 1 is 1.41 bits per heavy atom. The van der Waals surface area contributed by atoms with Gasteiger partial charge in [0.1, 0.15) is 0 Å². The molecule has 0 fully saturated rings. The fraction of sp³-hybridized carbons (Fsp3) is 0.615. The number of anilines is 1. The van der Waals surface area contributed by atoms with Gasteiger partial charge in [0.15, 0.2) is 0 Å². The van der Waals surface area contributed by atoms with Crippen molar-refractivity contribution in [3.63, 3.8) is 0 Å². The quantitative estimate of drug-likeness (QED) is 0.847. The second kappa shape index (κ2) is 6.87. The van der Waals surface area contributed by atoms with Crippen LogP contribution < -0.4 is 4.90 Å². The van der Waals surface area contributed by atoms with Gasteiger partial charge in [0, 0.05) is 13.1 Å². The van der Waals surface area contributed by atoms with Crippen LogP contribution in [0.5, 0.6) is 0 Å². The predicted molar refractivity (Wildman–Crippen MR) is 75.7 cm³/mol. The maximum Gasteiger partial charge on any atom is 0.0931 e. The molecule has 0 saturated heterocycles. The molecule has 4 heteroatoms. The Morgan fingerprint density at radius 3 is 2.59 bits per heavy atom. The van der Waals surface area contributed by atoms with Crippen LogP contribution >= 0.6 is 11.8 Å². The Hall–Kier alpha value is -0.740. The first-order valence-corrected chi connectivity index (χ1v) is 7.31. The molecule has 17 heavy (non-hydrogen) atoms. The van der Waals surface area contributed by atoms with E-state index in [0.29, 0.717) is 6.04 Å². The van der Waals surface area contributed by atoms with Crippen molar-refractivity contribution in [3.8, 4) is 0 Å². The zero-order chi connectivity index (χ0) is 12.8. The Morgan fingerprint density at radius 2 is 2.12 bits per heavy atom. The zero-order valence-electron chi connectivity index (χ0n) is 11.1. The van der Waals surface area contributed by atoms with E-state index in [2.05, 4.69) is 30.1 Å². The van der Waals surface area contributed by atoms with Crippen molar-refractivity contribution in [1.82, 2.24) is 4.98 Å². The maximum atomic E-state index is 9.40. The van der Waals surface area contributed by atoms with E-state index in [1.165, 1.54) is 5.75 Å². The first-order chi connectivity index (χ1) is 8.06. The van der Waals surface area contributed by atoms with Crippen molar-refractivity contribution in [2.45, 2.75) is 32.4 Å². The number of pyridine rings is 1. The van der Waals surface area contributed by atoms with E-state index in [1.807, 2.05) is 30.1 Å². The molecule has 1 aromatic rings. The predicted octanol–water partition coefficient (Wildman–Crippen LogP) is 2.71. The minimum absolute atomic E-state index is 0.497. The lowest BCUT2D eigenvalue weighted by molar-refractivity contribution is 0.194. The average molecular weight is 254 g/mol. The highest BCUT2D eigenvalue weighted by atomic mass is 32.2. The van der Waals surface area contributed by atoms with E-state index in [0.717, 1.165) is 17.8 Å². The van der Waals surface area contributed by atoms with Gasteiger partial charge in [-0.1, -0.05) is 0 Å². The molecule has 3 nitrogen and oxygen atoms in total. The summed E-state index contributed by atoms with van der Waals surface area (Å²) in [7, 11) is 2.09. The Labute approximate surface area is 108 Å². The van der Waals surface area contributed by atoms with Gasteiger partial charge in [0.2, 0.25) is 0 Å². The van der Waals surface area contributed by atoms with Gasteiger partial charge >= 0.3 is 0 Å². The second-order valence-electron chi connectivity index (χ2n) is 4.36. The minimum Gasteiger partial charge on any atom is -0.387 e. The largest absolute Gasteiger partial charge is 0.387 e. The van der Waals surface area contributed by atoms with E-state index >= 15 is 0 Å². The zero-order valence-corrected chi connectivity index (χ0v) is 11.9. The van der Waals surface area contributed by atoms with Gasteiger partial charge in [-0.2, -0.15) is 11.8 Å². The number of thioether (sulfide) groups is 1. The van der Waals surface area contributed by atoms with Crippen LogP contribution in [0.2, 0.25) is 0 Å². The van der Waals surface area contributed by atoms with Crippen molar-refractivity contribution in [3.05, 3.63) is 24.0 Å². The summed E-state index contributed by atoms with van der Waals surface area (Å²) in [6.07, 6.45) is 4.63. The minimum atomic E-state index is -0.497. The summed E-state index contributed by atoms with van der Waals surface area (Å²) in [6, 6.07) is 4.41. The summed E-state index contributed by atoms with van der Waals surface area (Å²) in [6.45, 7) is 3.95. The van der Waals surface area contributed by atoms with Crippen LogP contribution in [0.1, 0.15) is 32.1 Å². The van der Waals surface area contributed by atoms with Gasteiger partial charge in [-0.25, -0.2) is 0 Å². The summed E-state index contributed by atoms with van der Waals surface area (Å²) in [5.74, 6) is 1.17.